The van der Waals surface area contributed by atoms with E-state index >= 15 is 0 Å². The van der Waals surface area contributed by atoms with E-state index in [9.17, 15) is 0 Å². The van der Waals surface area contributed by atoms with Crippen molar-refractivity contribution in [2.45, 2.75) is 18.8 Å². The van der Waals surface area contributed by atoms with E-state index in [4.69, 9.17) is 0 Å². The van der Waals surface area contributed by atoms with Crippen molar-refractivity contribution in [3.8, 4) is 11.1 Å². The first-order valence-electron chi connectivity index (χ1n) is 5.59. The molecule has 15 heavy (non-hydrogen) atoms. The largest absolute Gasteiger partial charge is 0.0623 e. The van der Waals surface area contributed by atoms with Crippen LogP contribution in [-0.4, -0.2) is 0 Å². The molecule has 1 saturated carbocycles. The van der Waals surface area contributed by atoms with E-state index in [0.29, 0.717) is 0 Å². The van der Waals surface area contributed by atoms with Crippen LogP contribution in [0.3, 0.4) is 0 Å². The van der Waals surface area contributed by atoms with E-state index < -0.39 is 0 Å². The van der Waals surface area contributed by atoms with Crippen LogP contribution in [0.4, 0.5) is 0 Å². The van der Waals surface area contributed by atoms with Gasteiger partial charge in [0.15, 0.2) is 0 Å². The maximum atomic E-state index is 2.34. The van der Waals surface area contributed by atoms with E-state index in [1.165, 1.54) is 18.4 Å². The minimum Gasteiger partial charge on any atom is -0.0623 e. The van der Waals surface area contributed by atoms with Gasteiger partial charge in [0.1, 0.15) is 0 Å². The molecule has 0 amide bonds. The third kappa shape index (κ3) is 1.68. The molecule has 0 atom stereocenters. The fourth-order valence-electron chi connectivity index (χ4n) is 1.94. The van der Waals surface area contributed by atoms with E-state index in [1.54, 1.807) is 11.1 Å². The lowest BCUT2D eigenvalue weighted by Crippen LogP contribution is -1.97. The van der Waals surface area contributed by atoms with Crippen LogP contribution in [0.2, 0.25) is 0 Å². The Morgan fingerprint density at radius 3 is 1.67 bits per heavy atom. The number of benzene rings is 2. The highest BCUT2D eigenvalue weighted by Gasteiger charge is 2.30. The maximum absolute atomic E-state index is 2.34. The monoisotopic (exact) mass is 194 g/mol. The average Bonchev–Trinajstić information content (AvgIpc) is 3.09. The summed E-state index contributed by atoms with van der Waals surface area (Å²) < 4.78 is 0. The Labute approximate surface area is 90.6 Å². The van der Waals surface area contributed by atoms with Gasteiger partial charge in [-0.05, 0) is 35.4 Å². The van der Waals surface area contributed by atoms with Crippen LogP contribution < -0.4 is 0 Å². The molecule has 74 valence electrons. The fraction of sp³-hybridized carbons (Fsp3) is 0.200. The van der Waals surface area contributed by atoms with Gasteiger partial charge in [-0.1, -0.05) is 54.6 Å². The van der Waals surface area contributed by atoms with Crippen molar-refractivity contribution in [1.82, 2.24) is 0 Å². The number of rotatable bonds is 1. The van der Waals surface area contributed by atoms with Gasteiger partial charge in [0.05, 0.1) is 0 Å². The molecule has 0 saturated heterocycles. The summed E-state index contributed by atoms with van der Waals surface area (Å²) >= 11 is 0. The van der Waals surface area contributed by atoms with Gasteiger partial charge in [0, 0.05) is 0 Å². The molecule has 0 heteroatoms. The second-order valence-electron chi connectivity index (χ2n) is 4.23. The second kappa shape index (κ2) is 3.54. The van der Waals surface area contributed by atoms with Crippen molar-refractivity contribution < 1.29 is 0 Å². The first kappa shape index (κ1) is 8.72. The molecule has 1 aromatic rings. The van der Waals surface area contributed by atoms with Gasteiger partial charge in [0.25, 0.3) is 0 Å². The molecular weight excluding hydrogens is 180 g/mol. The lowest BCUT2D eigenvalue weighted by Gasteiger charge is -2.20. The Morgan fingerprint density at radius 1 is 0.800 bits per heavy atom. The normalized spacial score (nSPS) is 15.2. The van der Waals surface area contributed by atoms with Crippen LogP contribution in [0.1, 0.15) is 24.3 Å². The standard InChI is InChI=1S/C9H8.C6H6/c1-2-6(1)9-5-7-3-4-8(7)9;1-2-4-6-5-3-1/h3-6H,1-2H2;1-6H. The van der Waals surface area contributed by atoms with Gasteiger partial charge < -0.3 is 0 Å². The minimum atomic E-state index is 0.966. The third-order valence-corrected chi connectivity index (χ3v) is 3.05. The van der Waals surface area contributed by atoms with Crippen LogP contribution in [-0.2, 0) is 0 Å². The molecule has 3 aliphatic carbocycles. The molecule has 0 spiro atoms. The highest BCUT2D eigenvalue weighted by atomic mass is 14.3. The van der Waals surface area contributed by atoms with Gasteiger partial charge in [-0.3, -0.25) is 0 Å². The summed E-state index contributed by atoms with van der Waals surface area (Å²) in [5.41, 5.74) is 4.71. The zero-order valence-corrected chi connectivity index (χ0v) is 8.69. The molecule has 3 aliphatic rings. The summed E-state index contributed by atoms with van der Waals surface area (Å²) in [5.74, 6) is 0.966. The van der Waals surface area contributed by atoms with Crippen molar-refractivity contribution in [2.24, 2.45) is 0 Å². The van der Waals surface area contributed by atoms with Crippen LogP contribution in [0, 0.1) is 0 Å². The number of fused-ring (bicyclic) bond motifs is 1. The van der Waals surface area contributed by atoms with Gasteiger partial charge >= 0.3 is 0 Å². The summed E-state index contributed by atoms with van der Waals surface area (Å²) in [5, 5.41) is 0. The molecule has 1 aromatic carbocycles. The number of hydrogen-bond acceptors (Lipinski definition) is 0. The minimum absolute atomic E-state index is 0.966. The van der Waals surface area contributed by atoms with Crippen LogP contribution in [0.25, 0.3) is 11.1 Å². The smallest absolute Gasteiger partial charge is 0.0149 e. The average molecular weight is 194 g/mol. The zero-order chi connectivity index (χ0) is 10.1. The molecular formula is C15H14. The van der Waals surface area contributed by atoms with Gasteiger partial charge in [-0.2, -0.15) is 0 Å². The highest BCUT2D eigenvalue weighted by Crippen LogP contribution is 2.50. The van der Waals surface area contributed by atoms with Crippen molar-refractivity contribution in [3.05, 3.63) is 60.2 Å². The van der Waals surface area contributed by atoms with Crippen molar-refractivity contribution in [1.29, 1.82) is 0 Å². The zero-order valence-electron chi connectivity index (χ0n) is 8.69. The molecule has 0 heterocycles. The molecule has 0 nitrogen and oxygen atoms in total. The first-order chi connectivity index (χ1) is 7.45. The Balaban J connectivity index is 0.000000106. The van der Waals surface area contributed by atoms with Gasteiger partial charge in [-0.25, -0.2) is 0 Å². The SMILES string of the molecule is c1cc2c(C3CC3)cc1-2.c1ccccc1. The summed E-state index contributed by atoms with van der Waals surface area (Å²) in [6, 6.07) is 18.8. The molecule has 0 bridgehead atoms. The Bertz CT molecular complexity index is 426. The Kier molecular flexibility index (Phi) is 2.06. The fourth-order valence-corrected chi connectivity index (χ4v) is 1.94. The van der Waals surface area contributed by atoms with Crippen molar-refractivity contribution in [2.75, 3.05) is 0 Å². The molecule has 0 aliphatic heterocycles. The van der Waals surface area contributed by atoms with Crippen molar-refractivity contribution in [3.63, 3.8) is 0 Å². The van der Waals surface area contributed by atoms with Crippen LogP contribution in [0.15, 0.2) is 54.6 Å². The Hall–Kier alpha value is -1.56. The van der Waals surface area contributed by atoms with Crippen molar-refractivity contribution >= 4 is 0 Å². The summed E-state index contributed by atoms with van der Waals surface area (Å²) in [6.07, 6.45) is 2.88. The maximum Gasteiger partial charge on any atom is -0.0149 e. The number of hydrogen-bond donors (Lipinski definition) is 0. The van der Waals surface area contributed by atoms with E-state index in [1.807, 2.05) is 36.4 Å². The van der Waals surface area contributed by atoms with Gasteiger partial charge in [-0.15, -0.1) is 0 Å². The van der Waals surface area contributed by atoms with E-state index in [0.717, 1.165) is 5.92 Å². The molecule has 1 fully saturated rings. The van der Waals surface area contributed by atoms with Crippen LogP contribution in [0.5, 0.6) is 0 Å². The quantitative estimate of drug-likeness (QED) is 0.543. The lowest BCUT2D eigenvalue weighted by atomic mass is 9.84. The summed E-state index contributed by atoms with van der Waals surface area (Å²) in [6.45, 7) is 0. The lowest BCUT2D eigenvalue weighted by molar-refractivity contribution is 1.11. The third-order valence-electron chi connectivity index (χ3n) is 3.05. The first-order valence-corrected chi connectivity index (χ1v) is 5.59. The molecule has 0 N–H and O–H groups in total. The summed E-state index contributed by atoms with van der Waals surface area (Å²) in [7, 11) is 0. The predicted molar refractivity (Wildman–Crippen MR) is 63.9 cm³/mol. The van der Waals surface area contributed by atoms with E-state index in [-0.39, 0.29) is 0 Å². The van der Waals surface area contributed by atoms with Crippen LogP contribution >= 0.6 is 0 Å². The second-order valence-corrected chi connectivity index (χ2v) is 4.23. The topological polar surface area (TPSA) is 0 Å². The molecule has 0 radical (unpaired) electrons. The van der Waals surface area contributed by atoms with E-state index in [2.05, 4.69) is 18.2 Å². The summed E-state index contributed by atoms with van der Waals surface area (Å²) in [4.78, 5) is 0. The Morgan fingerprint density at radius 2 is 1.40 bits per heavy atom. The highest BCUT2D eigenvalue weighted by molar-refractivity contribution is 5.82. The van der Waals surface area contributed by atoms with Gasteiger partial charge in [0.2, 0.25) is 0 Å². The molecule has 4 rings (SSSR count). The molecule has 0 unspecified atom stereocenters. The predicted octanol–water partition coefficient (Wildman–Crippen LogP) is 4.23. The molecule has 0 aromatic heterocycles.